The minimum Gasteiger partial charge on any atom is -0.330 e. The van der Waals surface area contributed by atoms with Crippen molar-refractivity contribution in [2.24, 2.45) is 5.73 Å². The second-order valence-corrected chi connectivity index (χ2v) is 4.91. The zero-order valence-electron chi connectivity index (χ0n) is 11.7. The highest BCUT2D eigenvalue weighted by Crippen LogP contribution is 2.17. The van der Waals surface area contributed by atoms with Crippen molar-refractivity contribution in [1.29, 1.82) is 0 Å². The fourth-order valence-corrected chi connectivity index (χ4v) is 2.44. The molecule has 1 aromatic carbocycles. The van der Waals surface area contributed by atoms with Crippen LogP contribution in [0.1, 0.15) is 25.3 Å². The molecule has 1 heterocycles. The average molecular weight is 257 g/mol. The van der Waals surface area contributed by atoms with E-state index in [1.807, 2.05) is 12.3 Å². The van der Waals surface area contributed by atoms with Crippen molar-refractivity contribution in [3.05, 3.63) is 42.1 Å². The van der Waals surface area contributed by atoms with Crippen LogP contribution in [0.15, 0.2) is 36.5 Å². The number of pyridine rings is 1. The summed E-state index contributed by atoms with van der Waals surface area (Å²) in [6.45, 7) is 6.11. The molecule has 2 aromatic rings. The highest BCUT2D eigenvalue weighted by atomic mass is 15.1. The summed E-state index contributed by atoms with van der Waals surface area (Å²) in [7, 11) is 0. The van der Waals surface area contributed by atoms with Crippen LogP contribution in [-0.4, -0.2) is 29.5 Å². The second kappa shape index (κ2) is 7.22. The van der Waals surface area contributed by atoms with Crippen molar-refractivity contribution in [3.8, 4) is 0 Å². The predicted octanol–water partition coefficient (Wildman–Crippen LogP) is 2.80. The zero-order chi connectivity index (χ0) is 13.5. The lowest BCUT2D eigenvalue weighted by molar-refractivity contribution is 0.265. The van der Waals surface area contributed by atoms with E-state index in [1.54, 1.807) is 0 Å². The lowest BCUT2D eigenvalue weighted by Crippen LogP contribution is -2.27. The number of para-hydroxylation sites is 1. The van der Waals surface area contributed by atoms with Crippen molar-refractivity contribution in [1.82, 2.24) is 9.88 Å². The summed E-state index contributed by atoms with van der Waals surface area (Å²) in [6, 6.07) is 10.5. The number of benzene rings is 1. The van der Waals surface area contributed by atoms with Gasteiger partial charge in [-0.05, 0) is 44.1 Å². The Morgan fingerprint density at radius 1 is 1.16 bits per heavy atom. The molecule has 0 unspecified atom stereocenters. The SMILES string of the molecule is CCCN(CCCN)Cc1cccc2cccnc12. The van der Waals surface area contributed by atoms with Gasteiger partial charge < -0.3 is 5.73 Å². The van der Waals surface area contributed by atoms with Gasteiger partial charge in [-0.1, -0.05) is 31.2 Å². The Labute approximate surface area is 115 Å². The third kappa shape index (κ3) is 3.75. The van der Waals surface area contributed by atoms with Gasteiger partial charge in [-0.3, -0.25) is 9.88 Å². The fraction of sp³-hybridized carbons (Fsp3) is 0.438. The molecule has 2 rings (SSSR count). The Bertz CT molecular complexity index is 505. The average Bonchev–Trinajstić information content (AvgIpc) is 2.45. The van der Waals surface area contributed by atoms with Crippen molar-refractivity contribution < 1.29 is 0 Å². The van der Waals surface area contributed by atoms with Crippen LogP contribution in [0.5, 0.6) is 0 Å². The molecule has 0 bridgehead atoms. The highest BCUT2D eigenvalue weighted by molar-refractivity contribution is 5.81. The first kappa shape index (κ1) is 14.0. The second-order valence-electron chi connectivity index (χ2n) is 4.91. The van der Waals surface area contributed by atoms with Gasteiger partial charge in [-0.15, -0.1) is 0 Å². The Kier molecular flexibility index (Phi) is 5.31. The van der Waals surface area contributed by atoms with Gasteiger partial charge in [0.05, 0.1) is 5.52 Å². The van der Waals surface area contributed by atoms with E-state index in [1.165, 1.54) is 17.4 Å². The summed E-state index contributed by atoms with van der Waals surface area (Å²) in [5.41, 5.74) is 8.05. The van der Waals surface area contributed by atoms with E-state index < -0.39 is 0 Å². The van der Waals surface area contributed by atoms with Crippen molar-refractivity contribution in [2.75, 3.05) is 19.6 Å². The fourth-order valence-electron chi connectivity index (χ4n) is 2.44. The lowest BCUT2D eigenvalue weighted by Gasteiger charge is -2.22. The first-order chi connectivity index (χ1) is 9.35. The van der Waals surface area contributed by atoms with E-state index in [0.717, 1.165) is 38.1 Å². The molecule has 0 atom stereocenters. The Morgan fingerprint density at radius 2 is 2.00 bits per heavy atom. The van der Waals surface area contributed by atoms with Crippen LogP contribution in [0.25, 0.3) is 10.9 Å². The summed E-state index contributed by atoms with van der Waals surface area (Å²) in [4.78, 5) is 6.99. The molecule has 0 saturated heterocycles. The minimum atomic E-state index is 0.758. The summed E-state index contributed by atoms with van der Waals surface area (Å²) in [5.74, 6) is 0. The number of nitrogens with two attached hydrogens (primary N) is 1. The molecule has 102 valence electrons. The number of hydrogen-bond acceptors (Lipinski definition) is 3. The molecule has 0 fully saturated rings. The van der Waals surface area contributed by atoms with Crippen LogP contribution in [0, 0.1) is 0 Å². The molecule has 1 aromatic heterocycles. The van der Waals surface area contributed by atoms with E-state index in [9.17, 15) is 0 Å². The predicted molar refractivity (Wildman–Crippen MR) is 81.0 cm³/mol. The third-order valence-electron chi connectivity index (χ3n) is 3.33. The topological polar surface area (TPSA) is 42.1 Å². The van der Waals surface area contributed by atoms with Crippen LogP contribution in [0.2, 0.25) is 0 Å². The molecular weight excluding hydrogens is 234 g/mol. The van der Waals surface area contributed by atoms with Crippen molar-refractivity contribution >= 4 is 10.9 Å². The van der Waals surface area contributed by atoms with E-state index in [0.29, 0.717) is 0 Å². The number of fused-ring (bicyclic) bond motifs is 1. The standard InChI is InChI=1S/C16H23N3/c1-2-11-19(12-5-9-17)13-15-7-3-6-14-8-4-10-18-16(14)15/h3-4,6-8,10H,2,5,9,11-13,17H2,1H3. The van der Waals surface area contributed by atoms with Gasteiger partial charge in [0, 0.05) is 18.1 Å². The summed E-state index contributed by atoms with van der Waals surface area (Å²) in [6.07, 6.45) is 4.09. The molecule has 3 heteroatoms. The molecule has 0 amide bonds. The minimum absolute atomic E-state index is 0.758. The number of rotatable bonds is 7. The quantitative estimate of drug-likeness (QED) is 0.829. The van der Waals surface area contributed by atoms with Crippen molar-refractivity contribution in [3.63, 3.8) is 0 Å². The molecular formula is C16H23N3. The summed E-state index contributed by atoms with van der Waals surface area (Å²) < 4.78 is 0. The van der Waals surface area contributed by atoms with Crippen LogP contribution in [0.4, 0.5) is 0 Å². The molecule has 3 nitrogen and oxygen atoms in total. The van der Waals surface area contributed by atoms with Gasteiger partial charge in [-0.25, -0.2) is 0 Å². The third-order valence-corrected chi connectivity index (χ3v) is 3.33. The lowest BCUT2D eigenvalue weighted by atomic mass is 10.1. The first-order valence-corrected chi connectivity index (χ1v) is 7.10. The van der Waals surface area contributed by atoms with Gasteiger partial charge in [0.2, 0.25) is 0 Å². The van der Waals surface area contributed by atoms with E-state index in [-0.39, 0.29) is 0 Å². The van der Waals surface area contributed by atoms with Gasteiger partial charge in [-0.2, -0.15) is 0 Å². The van der Waals surface area contributed by atoms with Crippen LogP contribution >= 0.6 is 0 Å². The van der Waals surface area contributed by atoms with Gasteiger partial charge >= 0.3 is 0 Å². The number of nitrogens with zero attached hydrogens (tertiary/aromatic N) is 2. The smallest absolute Gasteiger partial charge is 0.0746 e. The maximum Gasteiger partial charge on any atom is 0.0746 e. The maximum absolute atomic E-state index is 5.62. The number of aromatic nitrogens is 1. The summed E-state index contributed by atoms with van der Waals surface area (Å²) >= 11 is 0. The maximum atomic E-state index is 5.62. The van der Waals surface area contributed by atoms with Crippen molar-refractivity contribution in [2.45, 2.75) is 26.3 Å². The van der Waals surface area contributed by atoms with Crippen LogP contribution in [0.3, 0.4) is 0 Å². The molecule has 0 spiro atoms. The van der Waals surface area contributed by atoms with Gasteiger partial charge in [0.15, 0.2) is 0 Å². The highest BCUT2D eigenvalue weighted by Gasteiger charge is 2.07. The zero-order valence-corrected chi connectivity index (χ0v) is 11.7. The van der Waals surface area contributed by atoms with E-state index >= 15 is 0 Å². The summed E-state index contributed by atoms with van der Waals surface area (Å²) in [5, 5.41) is 1.22. The molecule has 0 aliphatic rings. The molecule has 0 aliphatic carbocycles. The Hall–Kier alpha value is -1.45. The monoisotopic (exact) mass is 257 g/mol. The largest absolute Gasteiger partial charge is 0.330 e. The normalized spacial score (nSPS) is 11.3. The van der Waals surface area contributed by atoms with Gasteiger partial charge in [0.25, 0.3) is 0 Å². The Morgan fingerprint density at radius 3 is 2.79 bits per heavy atom. The molecule has 2 N–H and O–H groups in total. The van der Waals surface area contributed by atoms with Crippen LogP contribution in [-0.2, 0) is 6.54 Å². The molecule has 0 aliphatic heterocycles. The Balaban J connectivity index is 2.18. The molecule has 0 radical (unpaired) electrons. The van der Waals surface area contributed by atoms with Crippen LogP contribution < -0.4 is 5.73 Å². The number of hydrogen-bond donors (Lipinski definition) is 1. The molecule has 19 heavy (non-hydrogen) atoms. The van der Waals surface area contributed by atoms with E-state index in [4.69, 9.17) is 5.73 Å². The molecule has 0 saturated carbocycles. The van der Waals surface area contributed by atoms with Gasteiger partial charge in [0.1, 0.15) is 0 Å². The first-order valence-electron chi connectivity index (χ1n) is 7.10. The van der Waals surface area contributed by atoms with E-state index in [2.05, 4.69) is 41.1 Å².